The van der Waals surface area contributed by atoms with E-state index in [2.05, 4.69) is 5.32 Å². The summed E-state index contributed by atoms with van der Waals surface area (Å²) in [7, 11) is 0. The standard InChI is InChI=1S/C29H23N3O7/c1-3-14(2)13-38-27(34)23-26(30)39-25-18-9-5-7-15-6-4-8-17(21(15)18)24(33)22(25)29(23)19-12-16(32(36)37)10-11-20(19)31-28(29)35/h4-12,14H,3,13,30H2,1-2H3,(H,31,35). The van der Waals surface area contributed by atoms with Gasteiger partial charge in [-0.05, 0) is 17.4 Å². The largest absolute Gasteiger partial charge is 0.462 e. The van der Waals surface area contributed by atoms with Gasteiger partial charge in [0.15, 0.2) is 5.78 Å². The first kappa shape index (κ1) is 24.4. The fourth-order valence-electron chi connectivity index (χ4n) is 5.57. The predicted molar refractivity (Wildman–Crippen MR) is 141 cm³/mol. The number of ether oxygens (including phenoxy) is 2. The van der Waals surface area contributed by atoms with E-state index in [4.69, 9.17) is 15.2 Å². The van der Waals surface area contributed by atoms with Crippen molar-refractivity contribution in [2.75, 3.05) is 11.9 Å². The van der Waals surface area contributed by atoms with Gasteiger partial charge in [0.05, 0.1) is 17.1 Å². The monoisotopic (exact) mass is 525 g/mol. The van der Waals surface area contributed by atoms with Crippen LogP contribution in [0.5, 0.6) is 0 Å². The summed E-state index contributed by atoms with van der Waals surface area (Å²) < 4.78 is 11.6. The average Bonchev–Trinajstić information content (AvgIpc) is 3.20. The second kappa shape index (κ2) is 8.52. The number of benzene rings is 3. The number of nitro groups is 1. The fraction of sp³-hybridized carbons (Fsp3) is 0.207. The molecule has 6 rings (SSSR count). The summed E-state index contributed by atoms with van der Waals surface area (Å²) in [5.41, 5.74) is 4.48. The summed E-state index contributed by atoms with van der Waals surface area (Å²) in [5, 5.41) is 15.8. The molecule has 10 nitrogen and oxygen atoms in total. The number of nitrogens with zero attached hydrogens (tertiary/aromatic N) is 1. The van der Waals surface area contributed by atoms with Crippen LogP contribution in [0, 0.1) is 16.0 Å². The SMILES string of the molecule is CCC(C)COC(=O)C1=C(N)OC2=C(C(=O)c3cccc4cccc2c34)C12C(=O)Nc1ccc([N+](=O)[O-])cc12. The molecule has 3 aromatic carbocycles. The molecule has 0 fully saturated rings. The molecule has 2 aliphatic heterocycles. The van der Waals surface area contributed by atoms with E-state index < -0.39 is 33.9 Å². The Balaban J connectivity index is 1.69. The number of Topliss-reactive ketones (excluding diaryl/α,β-unsaturated/α-hetero) is 1. The predicted octanol–water partition coefficient (Wildman–Crippen LogP) is 4.34. The number of nitro benzene ring substituents is 1. The normalized spacial score (nSPS) is 19.9. The highest BCUT2D eigenvalue weighted by Gasteiger charge is 2.63. The number of non-ortho nitro benzene ring substituents is 1. The van der Waals surface area contributed by atoms with Crippen LogP contribution >= 0.6 is 0 Å². The summed E-state index contributed by atoms with van der Waals surface area (Å²) in [6, 6.07) is 14.4. The number of nitrogens with one attached hydrogen (secondary N) is 1. The van der Waals surface area contributed by atoms with Gasteiger partial charge in [-0.3, -0.25) is 19.7 Å². The first-order chi connectivity index (χ1) is 18.7. The van der Waals surface area contributed by atoms with Crippen LogP contribution in [0.2, 0.25) is 0 Å². The molecule has 39 heavy (non-hydrogen) atoms. The van der Waals surface area contributed by atoms with Crippen molar-refractivity contribution in [3.05, 3.63) is 98.4 Å². The minimum atomic E-state index is -2.14. The smallest absolute Gasteiger partial charge is 0.341 e. The fourth-order valence-corrected chi connectivity index (χ4v) is 5.57. The number of hydrogen-bond donors (Lipinski definition) is 2. The number of ketones is 1. The number of rotatable bonds is 5. The molecule has 0 bridgehead atoms. The summed E-state index contributed by atoms with van der Waals surface area (Å²) in [4.78, 5) is 53.2. The van der Waals surface area contributed by atoms with E-state index in [0.717, 1.165) is 11.8 Å². The van der Waals surface area contributed by atoms with E-state index in [1.807, 2.05) is 26.0 Å². The maximum absolute atomic E-state index is 14.3. The van der Waals surface area contributed by atoms with Gasteiger partial charge in [0.1, 0.15) is 16.7 Å². The maximum Gasteiger partial charge on any atom is 0.341 e. The molecule has 3 aliphatic rings. The zero-order valence-electron chi connectivity index (χ0n) is 21.1. The Kier molecular flexibility index (Phi) is 5.32. The Morgan fingerprint density at radius 3 is 2.56 bits per heavy atom. The molecule has 3 N–H and O–H groups in total. The van der Waals surface area contributed by atoms with Gasteiger partial charge in [0, 0.05) is 39.9 Å². The van der Waals surface area contributed by atoms with Crippen LogP contribution in [0.4, 0.5) is 11.4 Å². The van der Waals surface area contributed by atoms with Crippen LogP contribution in [0.25, 0.3) is 16.5 Å². The minimum absolute atomic E-state index is 0.0116. The quantitative estimate of drug-likeness (QED) is 0.284. The summed E-state index contributed by atoms with van der Waals surface area (Å²) >= 11 is 0. The highest BCUT2D eigenvalue weighted by Crippen LogP contribution is 2.57. The number of esters is 1. The van der Waals surface area contributed by atoms with E-state index in [9.17, 15) is 24.5 Å². The van der Waals surface area contributed by atoms with Crippen molar-refractivity contribution < 1.29 is 28.8 Å². The van der Waals surface area contributed by atoms with Crippen LogP contribution in [-0.4, -0.2) is 29.2 Å². The second-order valence-corrected chi connectivity index (χ2v) is 9.89. The van der Waals surface area contributed by atoms with Crippen LogP contribution < -0.4 is 11.1 Å². The van der Waals surface area contributed by atoms with Crippen molar-refractivity contribution in [2.24, 2.45) is 11.7 Å². The van der Waals surface area contributed by atoms with Gasteiger partial charge in [-0.1, -0.05) is 56.7 Å². The van der Waals surface area contributed by atoms with Crippen molar-refractivity contribution in [1.29, 1.82) is 0 Å². The van der Waals surface area contributed by atoms with Crippen LogP contribution in [0.3, 0.4) is 0 Å². The number of hydrogen-bond acceptors (Lipinski definition) is 8. The highest BCUT2D eigenvalue weighted by molar-refractivity contribution is 6.32. The number of nitrogens with two attached hydrogens (primary N) is 1. The third kappa shape index (κ3) is 3.24. The van der Waals surface area contributed by atoms with Gasteiger partial charge >= 0.3 is 5.97 Å². The molecule has 0 saturated heterocycles. The first-order valence-electron chi connectivity index (χ1n) is 12.5. The summed E-state index contributed by atoms with van der Waals surface area (Å²) in [6.45, 7) is 3.86. The van der Waals surface area contributed by atoms with Gasteiger partial charge < -0.3 is 20.5 Å². The molecule has 2 atom stereocenters. The number of amides is 1. The Labute approximate surface area is 222 Å². The lowest BCUT2D eigenvalue weighted by molar-refractivity contribution is -0.384. The average molecular weight is 526 g/mol. The molecule has 0 saturated carbocycles. The lowest BCUT2D eigenvalue weighted by Crippen LogP contribution is -2.49. The molecule has 10 heteroatoms. The molecule has 1 spiro atoms. The van der Waals surface area contributed by atoms with E-state index in [1.165, 1.54) is 18.2 Å². The van der Waals surface area contributed by atoms with Crippen molar-refractivity contribution in [2.45, 2.75) is 25.7 Å². The van der Waals surface area contributed by atoms with Crippen LogP contribution in [0.15, 0.2) is 71.6 Å². The first-order valence-corrected chi connectivity index (χ1v) is 12.5. The third-order valence-corrected chi connectivity index (χ3v) is 7.66. The zero-order valence-corrected chi connectivity index (χ0v) is 21.1. The minimum Gasteiger partial charge on any atom is -0.462 e. The molecule has 1 amide bonds. The maximum atomic E-state index is 14.3. The summed E-state index contributed by atoms with van der Waals surface area (Å²) in [5.74, 6) is -2.64. The number of carbonyl (C=O) groups excluding carboxylic acids is 3. The highest BCUT2D eigenvalue weighted by atomic mass is 16.6. The number of carbonyl (C=O) groups is 3. The molecule has 0 radical (unpaired) electrons. The zero-order chi connectivity index (χ0) is 27.6. The van der Waals surface area contributed by atoms with E-state index in [1.54, 1.807) is 24.3 Å². The van der Waals surface area contributed by atoms with Crippen molar-refractivity contribution >= 4 is 45.6 Å². The topological polar surface area (TPSA) is 151 Å². The van der Waals surface area contributed by atoms with E-state index in [0.29, 0.717) is 16.5 Å². The summed E-state index contributed by atoms with van der Waals surface area (Å²) in [6.07, 6.45) is 0.730. The Hall–Kier alpha value is -4.99. The van der Waals surface area contributed by atoms with E-state index >= 15 is 0 Å². The van der Waals surface area contributed by atoms with Crippen molar-refractivity contribution in [1.82, 2.24) is 0 Å². The lowest BCUT2D eigenvalue weighted by atomic mass is 9.64. The number of fused-ring (bicyclic) bond motifs is 4. The second-order valence-electron chi connectivity index (χ2n) is 9.89. The van der Waals surface area contributed by atoms with E-state index in [-0.39, 0.29) is 46.4 Å². The van der Waals surface area contributed by atoms with Gasteiger partial charge in [0.25, 0.3) is 5.69 Å². The van der Waals surface area contributed by atoms with Gasteiger partial charge in [-0.2, -0.15) is 0 Å². The third-order valence-electron chi connectivity index (χ3n) is 7.66. The molecular formula is C29H23N3O7. The van der Waals surface area contributed by atoms with Gasteiger partial charge in [0.2, 0.25) is 11.8 Å². The van der Waals surface area contributed by atoms with Gasteiger partial charge in [-0.15, -0.1) is 0 Å². The Morgan fingerprint density at radius 2 is 1.87 bits per heavy atom. The Bertz CT molecular complexity index is 1720. The molecule has 0 aromatic heterocycles. The van der Waals surface area contributed by atoms with Crippen molar-refractivity contribution in [3.63, 3.8) is 0 Å². The molecule has 1 aliphatic carbocycles. The molecule has 196 valence electrons. The Morgan fingerprint density at radius 1 is 1.15 bits per heavy atom. The van der Waals surface area contributed by atoms with Crippen LogP contribution in [-0.2, 0) is 24.5 Å². The van der Waals surface area contributed by atoms with Crippen LogP contribution in [0.1, 0.15) is 41.8 Å². The molecule has 3 aromatic rings. The number of anilines is 1. The van der Waals surface area contributed by atoms with Gasteiger partial charge in [-0.25, -0.2) is 4.79 Å². The van der Waals surface area contributed by atoms with Crippen molar-refractivity contribution in [3.8, 4) is 0 Å². The molecule has 2 unspecified atom stereocenters. The lowest BCUT2D eigenvalue weighted by Gasteiger charge is -2.38. The molecular weight excluding hydrogens is 502 g/mol. The molecule has 2 heterocycles.